The van der Waals surface area contributed by atoms with Crippen molar-refractivity contribution in [3.8, 4) is 5.75 Å². The van der Waals surface area contributed by atoms with Crippen LogP contribution in [0.25, 0.3) is 0 Å². The Morgan fingerprint density at radius 1 is 1.23 bits per heavy atom. The van der Waals surface area contributed by atoms with Gasteiger partial charge in [0.2, 0.25) is 5.13 Å². The third kappa shape index (κ3) is 4.54. The van der Waals surface area contributed by atoms with Crippen LogP contribution >= 0.6 is 11.5 Å². The molecule has 0 saturated carbocycles. The Morgan fingerprint density at radius 3 is 2.73 bits per heavy atom. The van der Waals surface area contributed by atoms with E-state index in [4.69, 9.17) is 9.15 Å². The lowest BCUT2D eigenvalue weighted by molar-refractivity contribution is -0.116. The van der Waals surface area contributed by atoms with Gasteiger partial charge >= 0.3 is 0 Å². The summed E-state index contributed by atoms with van der Waals surface area (Å²) in [6.45, 7) is 3.59. The van der Waals surface area contributed by atoms with Crippen LogP contribution in [-0.4, -0.2) is 21.0 Å². The standard InChI is InChI=1S/C18H17N3O4S/c1-11-3-5-13(6-4-11)25-10-15-14(7-8-24-15)17(23)20-18-19-16(21-26-18)9-12(2)22/h3-8H,9-10H2,1-2H3,(H,19,20,21,23). The first-order valence-corrected chi connectivity index (χ1v) is 8.68. The maximum atomic E-state index is 12.4. The van der Waals surface area contributed by atoms with Crippen LogP contribution < -0.4 is 10.1 Å². The van der Waals surface area contributed by atoms with Gasteiger partial charge in [-0.15, -0.1) is 0 Å². The Bertz CT molecular complexity index is 915. The zero-order valence-electron chi connectivity index (χ0n) is 14.3. The zero-order chi connectivity index (χ0) is 18.5. The fourth-order valence-electron chi connectivity index (χ4n) is 2.20. The minimum atomic E-state index is -0.369. The SMILES string of the molecule is CC(=O)Cc1nsc(NC(=O)c2ccoc2COc2ccc(C)cc2)n1. The molecule has 3 rings (SSSR count). The van der Waals surface area contributed by atoms with Crippen molar-refractivity contribution in [1.82, 2.24) is 9.36 Å². The number of ether oxygens (including phenoxy) is 1. The van der Waals surface area contributed by atoms with Gasteiger partial charge in [0.05, 0.1) is 18.2 Å². The van der Waals surface area contributed by atoms with Crippen LogP contribution in [0.1, 0.15) is 34.4 Å². The third-order valence-corrected chi connectivity index (χ3v) is 4.14. The molecule has 0 radical (unpaired) electrons. The second kappa shape index (κ2) is 7.92. The molecule has 0 bridgehead atoms. The molecular weight excluding hydrogens is 354 g/mol. The largest absolute Gasteiger partial charge is 0.486 e. The number of rotatable bonds is 7. The van der Waals surface area contributed by atoms with Gasteiger partial charge in [0, 0.05) is 11.5 Å². The second-order valence-corrected chi connectivity index (χ2v) is 6.46. The van der Waals surface area contributed by atoms with Crippen molar-refractivity contribution in [2.45, 2.75) is 26.9 Å². The molecular formula is C18H17N3O4S. The van der Waals surface area contributed by atoms with E-state index >= 15 is 0 Å². The lowest BCUT2D eigenvalue weighted by atomic mass is 10.2. The maximum Gasteiger partial charge on any atom is 0.261 e. The summed E-state index contributed by atoms with van der Waals surface area (Å²) >= 11 is 1.03. The van der Waals surface area contributed by atoms with Crippen molar-refractivity contribution >= 4 is 28.4 Å². The number of aromatic nitrogens is 2. The number of furan rings is 1. The van der Waals surface area contributed by atoms with Crippen LogP contribution in [0.5, 0.6) is 5.75 Å². The Labute approximate surface area is 154 Å². The summed E-state index contributed by atoms with van der Waals surface area (Å²) < 4.78 is 15.1. The van der Waals surface area contributed by atoms with E-state index in [9.17, 15) is 9.59 Å². The number of hydrogen-bond donors (Lipinski definition) is 1. The zero-order valence-corrected chi connectivity index (χ0v) is 15.1. The van der Waals surface area contributed by atoms with Gasteiger partial charge in [-0.3, -0.25) is 14.9 Å². The number of Topliss-reactive ketones (excluding diaryl/α,β-unsaturated/α-hetero) is 1. The van der Waals surface area contributed by atoms with Crippen LogP contribution in [0.3, 0.4) is 0 Å². The van der Waals surface area contributed by atoms with E-state index in [0.717, 1.165) is 17.1 Å². The summed E-state index contributed by atoms with van der Waals surface area (Å²) in [7, 11) is 0. The topological polar surface area (TPSA) is 94.3 Å². The number of ketones is 1. The first-order valence-electron chi connectivity index (χ1n) is 7.90. The monoisotopic (exact) mass is 371 g/mol. The van der Waals surface area contributed by atoms with E-state index in [0.29, 0.717) is 28.0 Å². The second-order valence-electron chi connectivity index (χ2n) is 5.71. The van der Waals surface area contributed by atoms with Crippen LogP contribution in [-0.2, 0) is 17.8 Å². The molecule has 0 spiro atoms. The number of amides is 1. The van der Waals surface area contributed by atoms with E-state index in [2.05, 4.69) is 14.7 Å². The van der Waals surface area contributed by atoms with E-state index in [1.54, 1.807) is 6.07 Å². The smallest absolute Gasteiger partial charge is 0.261 e. The highest BCUT2D eigenvalue weighted by Crippen LogP contribution is 2.19. The van der Waals surface area contributed by atoms with E-state index in [-0.39, 0.29) is 24.7 Å². The number of nitrogens with zero attached hydrogens (tertiary/aromatic N) is 2. The Balaban J connectivity index is 1.63. The highest BCUT2D eigenvalue weighted by molar-refractivity contribution is 7.09. The van der Waals surface area contributed by atoms with Gasteiger partial charge in [-0.2, -0.15) is 4.37 Å². The number of nitrogens with one attached hydrogen (secondary N) is 1. The van der Waals surface area contributed by atoms with Crippen molar-refractivity contribution in [3.63, 3.8) is 0 Å². The molecule has 26 heavy (non-hydrogen) atoms. The van der Waals surface area contributed by atoms with Gasteiger partial charge in [0.1, 0.15) is 18.1 Å². The summed E-state index contributed by atoms with van der Waals surface area (Å²) in [6.07, 6.45) is 1.58. The molecule has 0 atom stereocenters. The van der Waals surface area contributed by atoms with Crippen molar-refractivity contribution in [2.24, 2.45) is 0 Å². The normalized spacial score (nSPS) is 10.5. The quantitative estimate of drug-likeness (QED) is 0.684. The number of hydrogen-bond acceptors (Lipinski definition) is 7. The van der Waals surface area contributed by atoms with Gasteiger partial charge in [-0.1, -0.05) is 17.7 Å². The maximum absolute atomic E-state index is 12.4. The number of benzene rings is 1. The van der Waals surface area contributed by atoms with Gasteiger partial charge in [-0.05, 0) is 32.0 Å². The van der Waals surface area contributed by atoms with E-state index in [1.807, 2.05) is 31.2 Å². The highest BCUT2D eigenvalue weighted by Gasteiger charge is 2.17. The lowest BCUT2D eigenvalue weighted by Crippen LogP contribution is -2.13. The molecule has 1 amide bonds. The Kier molecular flexibility index (Phi) is 5.43. The molecule has 3 aromatic rings. The summed E-state index contributed by atoms with van der Waals surface area (Å²) in [6, 6.07) is 9.17. The number of anilines is 1. The first-order chi connectivity index (χ1) is 12.5. The average molecular weight is 371 g/mol. The van der Waals surface area contributed by atoms with Crippen molar-refractivity contribution in [3.05, 3.63) is 59.3 Å². The Hall–Kier alpha value is -3.00. The summed E-state index contributed by atoms with van der Waals surface area (Å²) in [4.78, 5) is 27.6. The minimum absolute atomic E-state index is 0.0361. The Morgan fingerprint density at radius 2 is 2.00 bits per heavy atom. The third-order valence-electron chi connectivity index (χ3n) is 3.48. The molecule has 8 heteroatoms. The fraction of sp³-hybridized carbons (Fsp3) is 0.222. The molecule has 7 nitrogen and oxygen atoms in total. The summed E-state index contributed by atoms with van der Waals surface area (Å²) in [5.74, 6) is 1.10. The van der Waals surface area contributed by atoms with Gasteiger partial charge in [0.25, 0.3) is 5.91 Å². The first kappa shape index (κ1) is 17.8. The molecule has 134 valence electrons. The van der Waals surface area contributed by atoms with Gasteiger partial charge in [0.15, 0.2) is 11.6 Å². The number of carbonyl (C=O) groups excluding carboxylic acids is 2. The van der Waals surface area contributed by atoms with Crippen molar-refractivity contribution < 1.29 is 18.7 Å². The van der Waals surface area contributed by atoms with Crippen LogP contribution in [0, 0.1) is 6.92 Å². The van der Waals surface area contributed by atoms with E-state index < -0.39 is 0 Å². The summed E-state index contributed by atoms with van der Waals surface area (Å²) in [5, 5.41) is 2.99. The van der Waals surface area contributed by atoms with Crippen LogP contribution in [0.15, 0.2) is 41.0 Å². The van der Waals surface area contributed by atoms with Gasteiger partial charge in [-0.25, -0.2) is 4.98 Å². The number of carbonyl (C=O) groups is 2. The predicted molar refractivity (Wildman–Crippen MR) is 96.5 cm³/mol. The average Bonchev–Trinajstić information content (AvgIpc) is 3.23. The number of aryl methyl sites for hydroxylation is 1. The molecule has 0 aliphatic rings. The van der Waals surface area contributed by atoms with Crippen LogP contribution in [0.4, 0.5) is 5.13 Å². The minimum Gasteiger partial charge on any atom is -0.486 e. The predicted octanol–water partition coefficient (Wildman–Crippen LogP) is 3.40. The molecule has 0 aliphatic heterocycles. The molecule has 1 N–H and O–H groups in total. The molecule has 0 unspecified atom stereocenters. The fourth-order valence-corrected chi connectivity index (χ4v) is 2.78. The highest BCUT2D eigenvalue weighted by atomic mass is 32.1. The molecule has 2 aromatic heterocycles. The lowest BCUT2D eigenvalue weighted by Gasteiger charge is -2.06. The summed E-state index contributed by atoms with van der Waals surface area (Å²) in [5.41, 5.74) is 1.50. The molecule has 1 aromatic carbocycles. The molecule has 0 fully saturated rings. The van der Waals surface area contributed by atoms with E-state index in [1.165, 1.54) is 13.2 Å². The van der Waals surface area contributed by atoms with Crippen molar-refractivity contribution in [1.29, 1.82) is 0 Å². The van der Waals surface area contributed by atoms with Crippen LogP contribution in [0.2, 0.25) is 0 Å². The molecule has 0 aliphatic carbocycles. The molecule has 2 heterocycles. The van der Waals surface area contributed by atoms with Gasteiger partial charge < -0.3 is 9.15 Å². The van der Waals surface area contributed by atoms with Crippen molar-refractivity contribution in [2.75, 3.05) is 5.32 Å². The molecule has 0 saturated heterocycles.